The number of hydrogen-bond acceptors (Lipinski definition) is 0. The number of hydrogen-bond donors (Lipinski definition) is 0. The predicted octanol–water partition coefficient (Wildman–Crippen LogP) is 3.48. The Kier molecular flexibility index (Phi) is 3.50. The van der Waals surface area contributed by atoms with Gasteiger partial charge < -0.3 is 0 Å². The van der Waals surface area contributed by atoms with Crippen LogP contribution in [-0.2, 0) is 0 Å². The van der Waals surface area contributed by atoms with Crippen molar-refractivity contribution in [1.29, 1.82) is 0 Å². The van der Waals surface area contributed by atoms with Crippen molar-refractivity contribution in [3.63, 3.8) is 0 Å². The fourth-order valence-electron chi connectivity index (χ4n) is 1.70. The zero-order valence-electron chi connectivity index (χ0n) is 9.25. The van der Waals surface area contributed by atoms with Gasteiger partial charge in [0, 0.05) is 0 Å². The summed E-state index contributed by atoms with van der Waals surface area (Å²) in [4.78, 5) is 0. The first-order valence-electron chi connectivity index (χ1n) is 4.98. The highest BCUT2D eigenvalue weighted by Crippen LogP contribution is 2.50. The van der Waals surface area contributed by atoms with E-state index in [2.05, 4.69) is 0 Å². The molecule has 0 heterocycles. The Morgan fingerprint density at radius 2 is 1.56 bits per heavy atom. The molecule has 1 rings (SSSR count). The second-order valence-corrected chi connectivity index (χ2v) is 4.55. The fourth-order valence-corrected chi connectivity index (χ4v) is 1.70. The summed E-state index contributed by atoms with van der Waals surface area (Å²) in [5, 5.41) is -0.987. The highest BCUT2D eigenvalue weighted by Gasteiger charge is 2.46. The topological polar surface area (TPSA) is 0 Å². The first-order chi connectivity index (χ1) is 7.24. The molecule has 0 fully saturated rings. The smallest absolute Gasteiger partial charge is 0.195 e. The van der Waals surface area contributed by atoms with Crippen LogP contribution in [0, 0.1) is 5.92 Å². The molecule has 0 bridgehead atoms. The van der Waals surface area contributed by atoms with Crippen molar-refractivity contribution in [2.45, 2.75) is 31.8 Å². The van der Waals surface area contributed by atoms with Gasteiger partial charge in [-0.15, -0.1) is 0 Å². The molecule has 0 radical (unpaired) electrons. The summed E-state index contributed by atoms with van der Waals surface area (Å²) in [5.74, 6) is -8.99. The Balaban J connectivity index is 3.26. The highest BCUT2D eigenvalue weighted by atomic mass is 19.2. The molecule has 0 saturated carbocycles. The van der Waals surface area contributed by atoms with Gasteiger partial charge in [0.25, 0.3) is 0 Å². The maximum absolute atomic E-state index is 13.5. The van der Waals surface area contributed by atoms with Crippen molar-refractivity contribution in [2.24, 2.45) is 5.92 Å². The molecule has 90 valence electrons. The molecule has 3 unspecified atom stereocenters. The van der Waals surface area contributed by atoms with Crippen LogP contribution in [0.2, 0.25) is 5.31 Å². The van der Waals surface area contributed by atoms with E-state index >= 15 is 0 Å². The molecule has 0 aliphatic heterocycles. The van der Waals surface area contributed by atoms with Gasteiger partial charge in [-0.1, -0.05) is 20.3 Å². The van der Waals surface area contributed by atoms with Crippen LogP contribution in [0.4, 0.5) is 22.0 Å². The Bertz CT molecular complexity index is 358. The molecule has 0 N–H and O–H groups in total. The van der Waals surface area contributed by atoms with E-state index in [1.165, 1.54) is 14.8 Å². The van der Waals surface area contributed by atoms with Crippen molar-refractivity contribution < 1.29 is 22.0 Å². The van der Waals surface area contributed by atoms with Gasteiger partial charge in [-0.2, -0.15) is 0 Å². The van der Waals surface area contributed by atoms with Crippen LogP contribution < -0.4 is 0 Å². The summed E-state index contributed by atoms with van der Waals surface area (Å²) < 4.78 is 65.6. The summed E-state index contributed by atoms with van der Waals surface area (Å²) in [7, 11) is 1.48. The fraction of sp³-hybridized carbons (Fsp3) is 0.600. The van der Waals surface area contributed by atoms with Gasteiger partial charge in [-0.25, -0.2) is 22.0 Å². The first kappa shape index (κ1) is 13.3. The minimum Gasteiger partial charge on any atom is -0.239 e. The van der Waals surface area contributed by atoms with Gasteiger partial charge in [-0.3, -0.25) is 0 Å². The van der Waals surface area contributed by atoms with Crippen LogP contribution in [-0.4, -0.2) is 14.0 Å². The van der Waals surface area contributed by atoms with E-state index < -0.39 is 40.7 Å². The molecule has 0 saturated heterocycles. The highest BCUT2D eigenvalue weighted by molar-refractivity contribution is 6.15. The van der Waals surface area contributed by atoms with E-state index in [-0.39, 0.29) is 0 Å². The normalized spacial score (nSPS) is 30.7. The minimum atomic E-state index is -2.46. The van der Waals surface area contributed by atoms with Crippen LogP contribution in [0.25, 0.3) is 0 Å². The number of alkyl halides is 1. The Hall–Kier alpha value is -0.805. The lowest BCUT2D eigenvalue weighted by atomic mass is 9.58. The molecular weight excluding hydrogens is 226 g/mol. The van der Waals surface area contributed by atoms with Crippen molar-refractivity contribution in [1.82, 2.24) is 0 Å². The van der Waals surface area contributed by atoms with E-state index in [1.807, 2.05) is 0 Å². The summed E-state index contributed by atoms with van der Waals surface area (Å²) >= 11 is 0. The number of halogens is 5. The lowest BCUT2D eigenvalue weighted by Gasteiger charge is -2.36. The molecule has 3 atom stereocenters. The Labute approximate surface area is 91.6 Å². The Morgan fingerprint density at radius 3 is 2.00 bits per heavy atom. The molecule has 0 aromatic heterocycles. The summed E-state index contributed by atoms with van der Waals surface area (Å²) in [6.45, 7) is 3.12. The second kappa shape index (κ2) is 4.22. The average molecular weight is 238 g/mol. The van der Waals surface area contributed by atoms with Gasteiger partial charge in [0.2, 0.25) is 0 Å². The van der Waals surface area contributed by atoms with Gasteiger partial charge in [0.1, 0.15) is 13.7 Å². The average Bonchev–Trinajstić information content (AvgIpc) is 2.23. The van der Waals surface area contributed by atoms with Crippen molar-refractivity contribution in [3.05, 3.63) is 23.3 Å². The summed E-state index contributed by atoms with van der Waals surface area (Å²) in [5.41, 5.74) is 0. The molecule has 6 heteroatoms. The van der Waals surface area contributed by atoms with Crippen LogP contribution in [0.1, 0.15) is 20.3 Å². The second-order valence-electron chi connectivity index (χ2n) is 4.55. The third-order valence-corrected chi connectivity index (χ3v) is 3.17. The van der Waals surface area contributed by atoms with Crippen LogP contribution >= 0.6 is 0 Å². The van der Waals surface area contributed by atoms with Crippen LogP contribution in [0.15, 0.2) is 23.3 Å². The van der Waals surface area contributed by atoms with E-state index in [0.29, 0.717) is 6.42 Å². The predicted molar refractivity (Wildman–Crippen MR) is 54.1 cm³/mol. The maximum Gasteiger partial charge on any atom is 0.195 e. The summed E-state index contributed by atoms with van der Waals surface area (Å²) in [6, 6.07) is 0. The van der Waals surface area contributed by atoms with E-state index in [9.17, 15) is 22.0 Å². The van der Waals surface area contributed by atoms with Crippen molar-refractivity contribution in [3.8, 4) is 0 Å². The monoisotopic (exact) mass is 238 g/mol. The van der Waals surface area contributed by atoms with E-state index in [4.69, 9.17) is 0 Å². The standard InChI is InChI=1S/C10H12BF5/c1-3-10(2,11)4-5(12)7(14)9(16)8(15)6(4)13/h4-5H,3,11H2,1-2H3. The quantitative estimate of drug-likeness (QED) is 0.510. The van der Waals surface area contributed by atoms with Crippen LogP contribution in [0.5, 0.6) is 0 Å². The molecular formula is C10H12BF5. The molecule has 16 heavy (non-hydrogen) atoms. The minimum absolute atomic E-state index is 0.313. The van der Waals surface area contributed by atoms with Gasteiger partial charge in [0.15, 0.2) is 23.7 Å². The van der Waals surface area contributed by atoms with Crippen molar-refractivity contribution in [2.75, 3.05) is 0 Å². The molecule has 0 aromatic rings. The van der Waals surface area contributed by atoms with Crippen LogP contribution in [0.3, 0.4) is 0 Å². The third kappa shape index (κ3) is 1.89. The molecule has 0 amide bonds. The van der Waals surface area contributed by atoms with Gasteiger partial charge >= 0.3 is 0 Å². The zero-order chi connectivity index (χ0) is 12.7. The van der Waals surface area contributed by atoms with Gasteiger partial charge in [0.05, 0.1) is 5.92 Å². The van der Waals surface area contributed by atoms with E-state index in [0.717, 1.165) is 0 Å². The van der Waals surface area contributed by atoms with Gasteiger partial charge in [-0.05, 0) is 5.31 Å². The third-order valence-electron chi connectivity index (χ3n) is 3.17. The largest absolute Gasteiger partial charge is 0.239 e. The maximum atomic E-state index is 13.5. The molecule has 0 nitrogen and oxygen atoms in total. The molecule has 1 aliphatic carbocycles. The zero-order valence-corrected chi connectivity index (χ0v) is 9.25. The Morgan fingerprint density at radius 1 is 1.12 bits per heavy atom. The SMILES string of the molecule is BC(C)(CC)C1C(F)=C(F)C(F)=C(F)C1F. The lowest BCUT2D eigenvalue weighted by Crippen LogP contribution is -2.33. The molecule has 0 spiro atoms. The van der Waals surface area contributed by atoms with Crippen molar-refractivity contribution >= 4 is 7.85 Å². The lowest BCUT2D eigenvalue weighted by molar-refractivity contribution is 0.167. The molecule has 0 aromatic carbocycles. The first-order valence-corrected chi connectivity index (χ1v) is 4.98. The molecule has 1 aliphatic rings. The summed E-state index contributed by atoms with van der Waals surface area (Å²) in [6.07, 6.45) is -2.15. The number of allylic oxidation sites excluding steroid dienone is 4. The number of rotatable bonds is 2. The van der Waals surface area contributed by atoms with E-state index in [1.54, 1.807) is 6.92 Å².